The van der Waals surface area contributed by atoms with Gasteiger partial charge in [0.2, 0.25) is 5.91 Å². The van der Waals surface area contributed by atoms with Gasteiger partial charge in [-0.2, -0.15) is 5.26 Å². The first kappa shape index (κ1) is 14.9. The van der Waals surface area contributed by atoms with E-state index in [9.17, 15) is 4.79 Å². The Morgan fingerprint density at radius 1 is 1.50 bits per heavy atom. The number of hydrogen-bond acceptors (Lipinski definition) is 6. The van der Waals surface area contributed by atoms with E-state index in [1.807, 2.05) is 17.0 Å². The monoisotopic (exact) mass is 325 g/mol. The highest BCUT2D eigenvalue weighted by atomic mass is 16.2. The van der Waals surface area contributed by atoms with Gasteiger partial charge in [0.25, 0.3) is 0 Å². The summed E-state index contributed by atoms with van der Waals surface area (Å²) >= 11 is 0. The highest BCUT2D eigenvalue weighted by molar-refractivity contribution is 5.78. The van der Waals surface area contributed by atoms with Crippen molar-refractivity contribution >= 4 is 11.7 Å². The molecule has 1 saturated heterocycles. The molecule has 8 nitrogen and oxygen atoms in total. The van der Waals surface area contributed by atoms with Gasteiger partial charge >= 0.3 is 0 Å². The molecule has 24 heavy (non-hydrogen) atoms. The van der Waals surface area contributed by atoms with Crippen LogP contribution >= 0.6 is 0 Å². The lowest BCUT2D eigenvalue weighted by Crippen LogP contribution is -2.47. The lowest BCUT2D eigenvalue weighted by molar-refractivity contribution is -0.133. The zero-order valence-electron chi connectivity index (χ0n) is 13.4. The van der Waals surface area contributed by atoms with Crippen LogP contribution in [0.3, 0.4) is 0 Å². The molecule has 1 fully saturated rings. The summed E-state index contributed by atoms with van der Waals surface area (Å²) in [6.07, 6.45) is 4.43. The first-order valence-corrected chi connectivity index (χ1v) is 8.17. The van der Waals surface area contributed by atoms with Gasteiger partial charge in [-0.05, 0) is 18.4 Å². The van der Waals surface area contributed by atoms with Gasteiger partial charge in [0, 0.05) is 25.2 Å². The zero-order valence-corrected chi connectivity index (χ0v) is 13.4. The standard InChI is InChI=1S/C16H19N7O/c1-10-4-7-22(14(24)2-5-17)9-11(10)16-21-20-13-8-19-15-12(23(13)16)3-6-18-15/h3,6,8,10-11,16,20-21H,2,4,7,9H2,1H3/t10-,11+,16?/m1/s1. The fraction of sp³-hybridized carbons (Fsp3) is 0.500. The Labute approximate surface area is 139 Å². The molecule has 2 N–H and O–H groups in total. The van der Waals surface area contributed by atoms with Gasteiger partial charge in [-0.1, -0.05) is 6.92 Å². The number of carbonyl (C=O) groups excluding carboxylic acids is 1. The number of nitrogens with zero attached hydrogens (tertiary/aromatic N) is 5. The van der Waals surface area contributed by atoms with Crippen LogP contribution in [0.2, 0.25) is 0 Å². The van der Waals surface area contributed by atoms with Crippen molar-refractivity contribution in [3.05, 3.63) is 18.5 Å². The van der Waals surface area contributed by atoms with E-state index in [1.54, 1.807) is 12.4 Å². The SMILES string of the molecule is C[C@@H]1CCN(C(=O)CC#N)C[C@@H]1C1NNc2cnc3nccc-3n21. The first-order chi connectivity index (χ1) is 11.7. The molecule has 0 aromatic carbocycles. The summed E-state index contributed by atoms with van der Waals surface area (Å²) in [5.74, 6) is 2.23. The molecule has 1 amide bonds. The Hall–Kier alpha value is -2.66. The number of piperidine rings is 1. The number of likely N-dealkylation sites (tertiary alicyclic amines) is 1. The van der Waals surface area contributed by atoms with E-state index in [1.165, 1.54) is 0 Å². The van der Waals surface area contributed by atoms with Crippen molar-refractivity contribution in [3.63, 3.8) is 0 Å². The van der Waals surface area contributed by atoms with E-state index >= 15 is 0 Å². The highest BCUT2D eigenvalue weighted by Gasteiger charge is 2.39. The van der Waals surface area contributed by atoms with Crippen molar-refractivity contribution in [2.45, 2.75) is 25.9 Å². The van der Waals surface area contributed by atoms with Crippen molar-refractivity contribution < 1.29 is 4.79 Å². The zero-order chi connectivity index (χ0) is 16.7. The normalized spacial score (nSPS) is 26.0. The summed E-state index contributed by atoms with van der Waals surface area (Å²) in [4.78, 5) is 22.6. The molecule has 8 heteroatoms. The smallest absolute Gasteiger partial charge is 0.236 e. The van der Waals surface area contributed by atoms with Crippen LogP contribution in [0.1, 0.15) is 25.9 Å². The summed E-state index contributed by atoms with van der Waals surface area (Å²) in [5, 5.41) is 8.78. The van der Waals surface area contributed by atoms with Crippen molar-refractivity contribution in [2.75, 3.05) is 18.5 Å². The maximum absolute atomic E-state index is 12.1. The van der Waals surface area contributed by atoms with Crippen LogP contribution in [0.25, 0.3) is 11.5 Å². The number of amides is 1. The van der Waals surface area contributed by atoms with E-state index in [4.69, 9.17) is 5.26 Å². The molecular weight excluding hydrogens is 306 g/mol. The highest BCUT2D eigenvalue weighted by Crippen LogP contribution is 2.38. The molecule has 0 aromatic heterocycles. The van der Waals surface area contributed by atoms with Gasteiger partial charge in [0.15, 0.2) is 5.82 Å². The molecule has 0 aromatic rings. The van der Waals surface area contributed by atoms with Gasteiger partial charge in [0.05, 0.1) is 18.0 Å². The van der Waals surface area contributed by atoms with Gasteiger partial charge < -0.3 is 14.9 Å². The fourth-order valence-corrected chi connectivity index (χ4v) is 3.74. The lowest BCUT2D eigenvalue weighted by Gasteiger charge is -2.40. The maximum Gasteiger partial charge on any atom is 0.236 e. The van der Waals surface area contributed by atoms with Crippen molar-refractivity contribution in [2.24, 2.45) is 11.8 Å². The van der Waals surface area contributed by atoms with Gasteiger partial charge in [-0.3, -0.25) is 4.79 Å². The van der Waals surface area contributed by atoms with Crippen LogP contribution in [0.5, 0.6) is 0 Å². The summed E-state index contributed by atoms with van der Waals surface area (Å²) in [7, 11) is 0. The number of hydrogen-bond donors (Lipinski definition) is 2. The topological polar surface area (TPSA) is 98.9 Å². The van der Waals surface area contributed by atoms with Gasteiger partial charge in [-0.25, -0.2) is 15.4 Å². The minimum Gasteiger partial charge on any atom is -0.341 e. The number of nitriles is 1. The minimum absolute atomic E-state index is 0.0161. The molecule has 4 rings (SSSR count). The van der Waals surface area contributed by atoms with Crippen LogP contribution in [0, 0.1) is 23.2 Å². The van der Waals surface area contributed by atoms with Crippen LogP contribution in [0.15, 0.2) is 18.5 Å². The second-order valence-corrected chi connectivity index (χ2v) is 6.49. The Morgan fingerprint density at radius 3 is 3.21 bits per heavy atom. The molecule has 0 aliphatic carbocycles. The van der Waals surface area contributed by atoms with Crippen molar-refractivity contribution in [3.8, 4) is 17.6 Å². The number of anilines is 1. The molecule has 4 aliphatic rings. The Morgan fingerprint density at radius 2 is 2.38 bits per heavy atom. The molecule has 0 bridgehead atoms. The molecule has 4 aliphatic heterocycles. The molecule has 3 atom stereocenters. The number of carbonyl (C=O) groups is 1. The fourth-order valence-electron chi connectivity index (χ4n) is 3.74. The van der Waals surface area contributed by atoms with Crippen LogP contribution in [-0.2, 0) is 4.79 Å². The molecular formula is C16H19N7O. The van der Waals surface area contributed by atoms with E-state index < -0.39 is 0 Å². The van der Waals surface area contributed by atoms with E-state index in [0.717, 1.165) is 30.3 Å². The third kappa shape index (κ3) is 2.29. The predicted molar refractivity (Wildman–Crippen MR) is 86.5 cm³/mol. The molecule has 4 heterocycles. The van der Waals surface area contributed by atoms with Gasteiger partial charge in [0.1, 0.15) is 18.4 Å². The number of fused-ring (bicyclic) bond motifs is 3. The second-order valence-electron chi connectivity index (χ2n) is 6.49. The van der Waals surface area contributed by atoms with Crippen molar-refractivity contribution in [1.82, 2.24) is 24.9 Å². The van der Waals surface area contributed by atoms with Crippen LogP contribution in [-0.4, -0.2) is 38.4 Å². The number of hydrazine groups is 1. The largest absolute Gasteiger partial charge is 0.341 e. The van der Waals surface area contributed by atoms with Crippen LogP contribution < -0.4 is 10.9 Å². The lowest BCUT2D eigenvalue weighted by atomic mass is 9.84. The Kier molecular flexibility index (Phi) is 3.58. The number of rotatable bonds is 2. The maximum atomic E-state index is 12.1. The summed E-state index contributed by atoms with van der Waals surface area (Å²) in [5.41, 5.74) is 7.50. The summed E-state index contributed by atoms with van der Waals surface area (Å²) in [6, 6.07) is 3.91. The quantitative estimate of drug-likeness (QED) is 0.861. The molecule has 0 spiro atoms. The number of aromatic nitrogens is 3. The average molecular weight is 325 g/mol. The number of nitrogens with one attached hydrogen (secondary N) is 2. The Bertz CT molecular complexity index is 779. The third-order valence-electron chi connectivity index (χ3n) is 5.12. The van der Waals surface area contributed by atoms with Gasteiger partial charge in [-0.15, -0.1) is 0 Å². The predicted octanol–water partition coefficient (Wildman–Crippen LogP) is 1.21. The molecule has 1 unspecified atom stereocenters. The summed E-state index contributed by atoms with van der Waals surface area (Å²) < 4.78 is 2.18. The minimum atomic E-state index is -0.0829. The molecule has 0 saturated carbocycles. The average Bonchev–Trinajstić information content (AvgIpc) is 3.21. The van der Waals surface area contributed by atoms with E-state index in [-0.39, 0.29) is 24.4 Å². The molecule has 0 radical (unpaired) electrons. The molecule has 124 valence electrons. The van der Waals surface area contributed by atoms with E-state index in [0.29, 0.717) is 12.5 Å². The third-order valence-corrected chi connectivity index (χ3v) is 5.12. The van der Waals surface area contributed by atoms with Crippen molar-refractivity contribution in [1.29, 1.82) is 5.26 Å². The second kappa shape index (κ2) is 5.76. The Balaban J connectivity index is 1.64. The van der Waals surface area contributed by atoms with E-state index in [2.05, 4.69) is 32.3 Å². The van der Waals surface area contributed by atoms with Crippen LogP contribution in [0.4, 0.5) is 5.82 Å². The first-order valence-electron chi connectivity index (χ1n) is 8.17. The summed E-state index contributed by atoms with van der Waals surface area (Å²) in [6.45, 7) is 3.59.